The van der Waals surface area contributed by atoms with Gasteiger partial charge in [-0.2, -0.15) is 0 Å². The van der Waals surface area contributed by atoms with Crippen LogP contribution in [0.5, 0.6) is 0 Å². The zero-order valence-corrected chi connectivity index (χ0v) is 9.42. The van der Waals surface area contributed by atoms with Gasteiger partial charge in [-0.3, -0.25) is 0 Å². The third-order valence-electron chi connectivity index (χ3n) is 3.09. The van der Waals surface area contributed by atoms with E-state index in [1.54, 1.807) is 0 Å². The Hall–Kier alpha value is -0.930. The van der Waals surface area contributed by atoms with E-state index in [0.29, 0.717) is 19.6 Å². The van der Waals surface area contributed by atoms with Crippen LogP contribution in [0.4, 0.5) is 4.39 Å². The zero-order valence-electron chi connectivity index (χ0n) is 9.42. The van der Waals surface area contributed by atoms with Crippen molar-refractivity contribution in [3.63, 3.8) is 0 Å². The van der Waals surface area contributed by atoms with Crippen LogP contribution in [0.3, 0.4) is 0 Å². The Morgan fingerprint density at radius 3 is 3.00 bits per heavy atom. The first kappa shape index (κ1) is 11.6. The normalized spacial score (nSPS) is 24.9. The van der Waals surface area contributed by atoms with Crippen LogP contribution in [0.2, 0.25) is 0 Å². The maximum atomic E-state index is 14.4. The van der Waals surface area contributed by atoms with Crippen molar-refractivity contribution in [2.75, 3.05) is 19.8 Å². The van der Waals surface area contributed by atoms with E-state index >= 15 is 0 Å². The van der Waals surface area contributed by atoms with Crippen molar-refractivity contribution >= 4 is 0 Å². The third kappa shape index (κ3) is 2.42. The van der Waals surface area contributed by atoms with Crippen molar-refractivity contribution in [2.45, 2.75) is 24.9 Å². The number of ether oxygens (including phenoxy) is 1. The van der Waals surface area contributed by atoms with Crippen molar-refractivity contribution in [1.29, 1.82) is 0 Å². The Morgan fingerprint density at radius 1 is 1.44 bits per heavy atom. The highest BCUT2D eigenvalue weighted by atomic mass is 19.1. The van der Waals surface area contributed by atoms with Crippen LogP contribution in [-0.4, -0.2) is 19.8 Å². The molecule has 3 heteroatoms. The SMILES string of the molecule is NCCCc1cccc(C2(F)CCOC2)c1. The highest BCUT2D eigenvalue weighted by molar-refractivity contribution is 5.29. The molecule has 2 N–H and O–H groups in total. The molecular weight excluding hydrogens is 205 g/mol. The van der Waals surface area contributed by atoms with Gasteiger partial charge in [0.1, 0.15) is 0 Å². The summed E-state index contributed by atoms with van der Waals surface area (Å²) in [6.07, 6.45) is 2.33. The molecule has 2 nitrogen and oxygen atoms in total. The topological polar surface area (TPSA) is 35.2 Å². The van der Waals surface area contributed by atoms with E-state index < -0.39 is 5.67 Å². The molecule has 1 unspecified atom stereocenters. The number of nitrogens with two attached hydrogens (primary N) is 1. The maximum absolute atomic E-state index is 14.4. The molecule has 88 valence electrons. The predicted molar refractivity (Wildman–Crippen MR) is 62.0 cm³/mol. The van der Waals surface area contributed by atoms with Crippen molar-refractivity contribution in [2.24, 2.45) is 5.73 Å². The van der Waals surface area contributed by atoms with Gasteiger partial charge in [0, 0.05) is 6.42 Å². The van der Waals surface area contributed by atoms with Crippen LogP contribution < -0.4 is 5.73 Å². The van der Waals surface area contributed by atoms with Crippen molar-refractivity contribution < 1.29 is 9.13 Å². The quantitative estimate of drug-likeness (QED) is 0.849. The van der Waals surface area contributed by atoms with Gasteiger partial charge in [-0.1, -0.05) is 24.3 Å². The number of hydrogen-bond donors (Lipinski definition) is 1. The van der Waals surface area contributed by atoms with Crippen molar-refractivity contribution in [3.8, 4) is 0 Å². The Balaban J connectivity index is 2.15. The fourth-order valence-electron chi connectivity index (χ4n) is 2.08. The standard InChI is InChI=1S/C13H18FNO/c14-13(6-8-16-10-13)12-5-1-3-11(9-12)4-2-7-15/h1,3,5,9H,2,4,6-8,10,15H2. The first-order valence-corrected chi connectivity index (χ1v) is 5.81. The van der Waals surface area contributed by atoms with Gasteiger partial charge < -0.3 is 10.5 Å². The van der Waals surface area contributed by atoms with Crippen LogP contribution in [0.1, 0.15) is 24.0 Å². The number of benzene rings is 1. The van der Waals surface area contributed by atoms with Crippen molar-refractivity contribution in [3.05, 3.63) is 35.4 Å². The van der Waals surface area contributed by atoms with E-state index in [9.17, 15) is 4.39 Å². The van der Waals surface area contributed by atoms with Crippen LogP contribution >= 0.6 is 0 Å². The largest absolute Gasteiger partial charge is 0.378 e. The van der Waals surface area contributed by atoms with Gasteiger partial charge in [-0.25, -0.2) is 4.39 Å². The minimum atomic E-state index is -1.28. The van der Waals surface area contributed by atoms with Gasteiger partial charge >= 0.3 is 0 Å². The van der Waals surface area contributed by atoms with E-state index in [1.807, 2.05) is 24.3 Å². The lowest BCUT2D eigenvalue weighted by molar-refractivity contribution is 0.112. The number of rotatable bonds is 4. The minimum Gasteiger partial charge on any atom is -0.378 e. The van der Waals surface area contributed by atoms with E-state index in [1.165, 1.54) is 0 Å². The Kier molecular flexibility index (Phi) is 3.56. The monoisotopic (exact) mass is 223 g/mol. The summed E-state index contributed by atoms with van der Waals surface area (Å²) in [5.74, 6) is 0. The molecule has 1 aliphatic heterocycles. The van der Waals surface area contributed by atoms with E-state index in [2.05, 4.69) is 0 Å². The molecule has 16 heavy (non-hydrogen) atoms. The molecule has 1 fully saturated rings. The van der Waals surface area contributed by atoms with Crippen molar-refractivity contribution in [1.82, 2.24) is 0 Å². The summed E-state index contributed by atoms with van der Waals surface area (Å²) in [5.41, 5.74) is 6.10. The van der Waals surface area contributed by atoms with E-state index in [-0.39, 0.29) is 6.61 Å². The second kappa shape index (κ2) is 4.93. The summed E-state index contributed by atoms with van der Waals surface area (Å²) < 4.78 is 19.5. The van der Waals surface area contributed by atoms with E-state index in [0.717, 1.165) is 24.0 Å². The number of halogens is 1. The summed E-state index contributed by atoms with van der Waals surface area (Å²) in [5, 5.41) is 0. The van der Waals surface area contributed by atoms with Crippen LogP contribution in [-0.2, 0) is 16.8 Å². The molecule has 2 rings (SSSR count). The number of alkyl halides is 1. The Morgan fingerprint density at radius 2 is 2.31 bits per heavy atom. The predicted octanol–water partition coefficient (Wildman–Crippen LogP) is 2.16. The van der Waals surface area contributed by atoms with Gasteiger partial charge in [-0.05, 0) is 30.5 Å². The fraction of sp³-hybridized carbons (Fsp3) is 0.538. The molecule has 1 heterocycles. The highest BCUT2D eigenvalue weighted by Gasteiger charge is 2.36. The highest BCUT2D eigenvalue weighted by Crippen LogP contribution is 2.34. The molecule has 1 saturated heterocycles. The van der Waals surface area contributed by atoms with Gasteiger partial charge in [0.15, 0.2) is 5.67 Å². The fourth-order valence-corrected chi connectivity index (χ4v) is 2.08. The molecule has 0 radical (unpaired) electrons. The van der Waals surface area contributed by atoms with Gasteiger partial charge in [0.2, 0.25) is 0 Å². The number of aryl methyl sites for hydroxylation is 1. The van der Waals surface area contributed by atoms with Crippen LogP contribution in [0.15, 0.2) is 24.3 Å². The van der Waals surface area contributed by atoms with Crippen LogP contribution in [0, 0.1) is 0 Å². The molecule has 0 aromatic heterocycles. The zero-order chi connectivity index (χ0) is 11.4. The summed E-state index contributed by atoms with van der Waals surface area (Å²) in [6, 6.07) is 7.74. The second-order valence-corrected chi connectivity index (χ2v) is 4.36. The minimum absolute atomic E-state index is 0.188. The summed E-state index contributed by atoms with van der Waals surface area (Å²) >= 11 is 0. The Labute approximate surface area is 95.6 Å². The van der Waals surface area contributed by atoms with Gasteiger partial charge in [-0.15, -0.1) is 0 Å². The molecule has 0 bridgehead atoms. The summed E-state index contributed by atoms with van der Waals surface area (Å²) in [6.45, 7) is 1.38. The second-order valence-electron chi connectivity index (χ2n) is 4.36. The Bertz CT molecular complexity index is 348. The lowest BCUT2D eigenvalue weighted by Crippen LogP contribution is -2.19. The smallest absolute Gasteiger partial charge is 0.161 e. The molecule has 0 aliphatic carbocycles. The lowest BCUT2D eigenvalue weighted by Gasteiger charge is -2.18. The van der Waals surface area contributed by atoms with Crippen LogP contribution in [0.25, 0.3) is 0 Å². The van der Waals surface area contributed by atoms with Gasteiger partial charge in [0.05, 0.1) is 13.2 Å². The third-order valence-corrected chi connectivity index (χ3v) is 3.09. The average molecular weight is 223 g/mol. The van der Waals surface area contributed by atoms with Gasteiger partial charge in [0.25, 0.3) is 0 Å². The maximum Gasteiger partial charge on any atom is 0.161 e. The number of hydrogen-bond acceptors (Lipinski definition) is 2. The average Bonchev–Trinajstić information content (AvgIpc) is 2.75. The van der Waals surface area contributed by atoms with E-state index in [4.69, 9.17) is 10.5 Å². The molecule has 1 aromatic carbocycles. The first-order chi connectivity index (χ1) is 7.74. The summed E-state index contributed by atoms with van der Waals surface area (Å²) in [4.78, 5) is 0. The molecular formula is C13H18FNO. The lowest BCUT2D eigenvalue weighted by atomic mass is 9.93. The molecule has 1 atom stereocenters. The molecule has 0 spiro atoms. The molecule has 0 saturated carbocycles. The molecule has 0 amide bonds. The molecule has 1 aromatic rings. The molecule has 1 aliphatic rings. The summed E-state index contributed by atoms with van der Waals surface area (Å²) in [7, 11) is 0. The first-order valence-electron chi connectivity index (χ1n) is 5.81.